The van der Waals surface area contributed by atoms with Gasteiger partial charge in [-0.1, -0.05) is 97.1 Å². The Morgan fingerprint density at radius 1 is 0.525 bits per heavy atom. The number of benzene rings is 5. The fourth-order valence-electron chi connectivity index (χ4n) is 4.86. The van der Waals surface area contributed by atoms with Gasteiger partial charge in [-0.15, -0.1) is 0 Å². The first-order chi connectivity index (χ1) is 19.4. The van der Waals surface area contributed by atoms with Crippen molar-refractivity contribution in [1.82, 2.24) is 0 Å². The van der Waals surface area contributed by atoms with Crippen LogP contribution in [-0.4, -0.2) is 22.2 Å². The van der Waals surface area contributed by atoms with Crippen molar-refractivity contribution in [2.24, 2.45) is 0 Å². The second-order valence-electron chi connectivity index (χ2n) is 9.04. The molecule has 6 heteroatoms. The zero-order valence-corrected chi connectivity index (χ0v) is 21.0. The number of aliphatic carboxylic acids is 2. The van der Waals surface area contributed by atoms with Gasteiger partial charge in [0.2, 0.25) is 0 Å². The minimum absolute atomic E-state index is 0.332. The minimum atomic E-state index is -1.27. The van der Waals surface area contributed by atoms with Crippen molar-refractivity contribution in [1.29, 1.82) is 10.5 Å². The van der Waals surface area contributed by atoms with Crippen molar-refractivity contribution < 1.29 is 19.8 Å². The highest BCUT2D eigenvalue weighted by Gasteiger charge is 2.16. The summed E-state index contributed by atoms with van der Waals surface area (Å²) in [6.07, 6.45) is 2.70. The maximum absolute atomic E-state index is 11.2. The lowest BCUT2D eigenvalue weighted by Gasteiger charge is -2.18. The number of rotatable bonds is 6. The number of carboxylic acids is 2. The summed E-state index contributed by atoms with van der Waals surface area (Å²) >= 11 is 0. The van der Waals surface area contributed by atoms with E-state index < -0.39 is 11.9 Å². The zero-order valence-electron chi connectivity index (χ0n) is 21.0. The van der Waals surface area contributed by atoms with Crippen LogP contribution in [0.1, 0.15) is 11.1 Å². The van der Waals surface area contributed by atoms with Crippen LogP contribution in [0.3, 0.4) is 0 Å². The summed E-state index contributed by atoms with van der Waals surface area (Å²) in [6.45, 7) is 0. The van der Waals surface area contributed by atoms with Crippen molar-refractivity contribution in [3.8, 4) is 34.4 Å². The highest BCUT2D eigenvalue weighted by molar-refractivity contribution is 6.21. The highest BCUT2D eigenvalue weighted by atomic mass is 16.4. The highest BCUT2D eigenvalue weighted by Crippen LogP contribution is 2.43. The molecule has 5 aromatic carbocycles. The standard InChI is InChI=1S/C34H20N2O4/c35-19-25(33(37)38)17-21-9-13-23(14-10-21)31-27-5-1-2-6-28(27)32(30-8-4-3-7-29(30)31)24-15-11-22(12-16-24)18-26(20-36)34(39)40/h1-18H,(H,37,38)(H,39,40)/b25-17+,26-18+. The molecule has 0 unspecified atom stereocenters. The van der Waals surface area contributed by atoms with E-state index in [1.807, 2.05) is 48.5 Å². The Balaban J connectivity index is 1.70. The summed E-state index contributed by atoms with van der Waals surface area (Å²) in [6, 6.07) is 34.5. The number of carbonyl (C=O) groups is 2. The van der Waals surface area contributed by atoms with E-state index in [4.69, 9.17) is 10.5 Å². The van der Waals surface area contributed by atoms with Crippen LogP contribution in [0.5, 0.6) is 0 Å². The summed E-state index contributed by atoms with van der Waals surface area (Å²) in [4.78, 5) is 22.5. The fraction of sp³-hybridized carbons (Fsp3) is 0. The first-order valence-corrected chi connectivity index (χ1v) is 12.3. The van der Waals surface area contributed by atoms with E-state index in [1.54, 1.807) is 36.4 Å². The van der Waals surface area contributed by atoms with Crippen LogP contribution in [-0.2, 0) is 9.59 Å². The van der Waals surface area contributed by atoms with Gasteiger partial charge >= 0.3 is 11.9 Å². The SMILES string of the molecule is N#C/C(=C\c1ccc(-c2c3ccccc3c(-c3ccc(/C=C(\C#N)C(=O)O)cc3)c3ccccc23)cc1)C(=O)O. The van der Waals surface area contributed by atoms with Gasteiger partial charge in [-0.3, -0.25) is 0 Å². The van der Waals surface area contributed by atoms with Crippen molar-refractivity contribution >= 4 is 45.6 Å². The molecule has 0 saturated carbocycles. The van der Waals surface area contributed by atoms with Crippen LogP contribution in [0.25, 0.3) is 56.0 Å². The largest absolute Gasteiger partial charge is 0.477 e. The number of nitriles is 2. The summed E-state index contributed by atoms with van der Waals surface area (Å²) in [5.74, 6) is -2.54. The maximum atomic E-state index is 11.2. The molecule has 0 atom stereocenters. The Labute approximate surface area is 229 Å². The number of hydrogen-bond acceptors (Lipinski definition) is 4. The Bertz CT molecular complexity index is 1750. The van der Waals surface area contributed by atoms with E-state index in [0.29, 0.717) is 11.1 Å². The van der Waals surface area contributed by atoms with Crippen LogP contribution >= 0.6 is 0 Å². The molecule has 0 saturated heterocycles. The third kappa shape index (κ3) is 4.81. The Hall–Kier alpha value is -5.98. The molecule has 6 nitrogen and oxygen atoms in total. The zero-order chi connectivity index (χ0) is 28.2. The number of carboxylic acid groups (broad SMARTS) is 2. The van der Waals surface area contributed by atoms with Crippen molar-refractivity contribution in [2.45, 2.75) is 0 Å². The van der Waals surface area contributed by atoms with Gasteiger partial charge in [0.05, 0.1) is 0 Å². The lowest BCUT2D eigenvalue weighted by Crippen LogP contribution is -1.97. The summed E-state index contributed by atoms with van der Waals surface area (Å²) in [5.41, 5.74) is 4.52. The van der Waals surface area contributed by atoms with E-state index in [9.17, 15) is 19.8 Å². The molecule has 0 spiro atoms. The molecule has 190 valence electrons. The molecule has 0 radical (unpaired) electrons. The van der Waals surface area contributed by atoms with Crippen LogP contribution in [0, 0.1) is 22.7 Å². The van der Waals surface area contributed by atoms with E-state index in [2.05, 4.69) is 24.3 Å². The van der Waals surface area contributed by atoms with Crippen molar-refractivity contribution in [3.63, 3.8) is 0 Å². The molecule has 0 heterocycles. The predicted octanol–water partition coefficient (Wildman–Crippen LogP) is 7.31. The molecule has 0 aromatic heterocycles. The van der Waals surface area contributed by atoms with Crippen LogP contribution in [0.4, 0.5) is 0 Å². The van der Waals surface area contributed by atoms with Gasteiger partial charge < -0.3 is 10.2 Å². The molecule has 5 rings (SSSR count). The van der Waals surface area contributed by atoms with E-state index in [-0.39, 0.29) is 11.1 Å². The van der Waals surface area contributed by atoms with Gasteiger partial charge in [-0.05, 0) is 67.1 Å². The predicted molar refractivity (Wildman–Crippen MR) is 155 cm³/mol. The molecule has 40 heavy (non-hydrogen) atoms. The average molecular weight is 521 g/mol. The molecule has 0 aliphatic carbocycles. The summed E-state index contributed by atoms with van der Waals surface area (Å²) in [5, 5.41) is 40.7. The molecular weight excluding hydrogens is 500 g/mol. The van der Waals surface area contributed by atoms with Gasteiger partial charge in [0.1, 0.15) is 23.3 Å². The third-order valence-corrected chi connectivity index (χ3v) is 6.65. The molecule has 0 fully saturated rings. The van der Waals surface area contributed by atoms with Crippen molar-refractivity contribution in [3.05, 3.63) is 119 Å². The fourth-order valence-corrected chi connectivity index (χ4v) is 4.86. The molecule has 0 amide bonds. The minimum Gasteiger partial charge on any atom is -0.477 e. The van der Waals surface area contributed by atoms with Gasteiger partial charge in [-0.2, -0.15) is 10.5 Å². The quantitative estimate of drug-likeness (QED) is 0.137. The first-order valence-electron chi connectivity index (χ1n) is 12.3. The normalized spacial score (nSPS) is 11.7. The Morgan fingerprint density at radius 2 is 0.825 bits per heavy atom. The van der Waals surface area contributed by atoms with E-state index in [0.717, 1.165) is 43.8 Å². The number of nitrogens with zero attached hydrogens (tertiary/aromatic N) is 2. The van der Waals surface area contributed by atoms with Gasteiger partial charge in [0, 0.05) is 0 Å². The maximum Gasteiger partial charge on any atom is 0.346 e. The summed E-state index contributed by atoms with van der Waals surface area (Å²) < 4.78 is 0. The van der Waals surface area contributed by atoms with Gasteiger partial charge in [-0.25, -0.2) is 9.59 Å². The van der Waals surface area contributed by atoms with Crippen LogP contribution in [0.2, 0.25) is 0 Å². The Kier molecular flexibility index (Phi) is 6.92. The van der Waals surface area contributed by atoms with Crippen molar-refractivity contribution in [2.75, 3.05) is 0 Å². The molecule has 0 bridgehead atoms. The molecule has 5 aromatic rings. The van der Waals surface area contributed by atoms with Gasteiger partial charge in [0.25, 0.3) is 0 Å². The smallest absolute Gasteiger partial charge is 0.346 e. The lowest BCUT2D eigenvalue weighted by molar-refractivity contribution is -0.133. The second-order valence-corrected chi connectivity index (χ2v) is 9.04. The summed E-state index contributed by atoms with van der Waals surface area (Å²) in [7, 11) is 0. The number of fused-ring (bicyclic) bond motifs is 2. The second kappa shape index (κ2) is 10.8. The van der Waals surface area contributed by atoms with E-state index in [1.165, 1.54) is 12.2 Å². The number of hydrogen-bond donors (Lipinski definition) is 2. The Morgan fingerprint density at radius 3 is 1.07 bits per heavy atom. The monoisotopic (exact) mass is 520 g/mol. The van der Waals surface area contributed by atoms with Crippen LogP contribution < -0.4 is 0 Å². The van der Waals surface area contributed by atoms with E-state index >= 15 is 0 Å². The lowest BCUT2D eigenvalue weighted by atomic mass is 9.85. The molecule has 2 N–H and O–H groups in total. The molecule has 0 aliphatic heterocycles. The molecular formula is C34H20N2O4. The van der Waals surface area contributed by atoms with Crippen LogP contribution in [0.15, 0.2) is 108 Å². The first kappa shape index (κ1) is 25.7. The topological polar surface area (TPSA) is 122 Å². The molecule has 0 aliphatic rings. The third-order valence-electron chi connectivity index (χ3n) is 6.65. The average Bonchev–Trinajstić information content (AvgIpc) is 2.98. The van der Waals surface area contributed by atoms with Gasteiger partial charge in [0.15, 0.2) is 0 Å².